The van der Waals surface area contributed by atoms with Crippen molar-refractivity contribution in [3.8, 4) is 0 Å². The second kappa shape index (κ2) is 6.04. The van der Waals surface area contributed by atoms with Crippen LogP contribution >= 0.6 is 0 Å². The molecule has 3 heterocycles. The third-order valence-electron chi connectivity index (χ3n) is 4.10. The smallest absolute Gasteiger partial charge is 0.314 e. The molecule has 0 spiro atoms. The zero-order valence-corrected chi connectivity index (χ0v) is 12.5. The van der Waals surface area contributed by atoms with Crippen molar-refractivity contribution in [3.63, 3.8) is 0 Å². The topological polar surface area (TPSA) is 71.7 Å². The van der Waals surface area contributed by atoms with Gasteiger partial charge >= 0.3 is 5.69 Å². The van der Waals surface area contributed by atoms with Crippen LogP contribution in [0, 0.1) is 17.0 Å². The number of aromatic nitrogens is 1. The summed E-state index contributed by atoms with van der Waals surface area (Å²) in [5.74, 6) is 0.982. The Morgan fingerprint density at radius 2 is 2.09 bits per heavy atom. The summed E-state index contributed by atoms with van der Waals surface area (Å²) in [5, 5.41) is 11.4. The molecule has 0 aliphatic carbocycles. The fourth-order valence-electron chi connectivity index (χ4n) is 2.94. The zero-order chi connectivity index (χ0) is 15.7. The molecule has 1 aromatic heterocycles. The maximum Gasteiger partial charge on any atom is 0.314 e. The number of halogens is 1. The minimum atomic E-state index is -0.950. The van der Waals surface area contributed by atoms with Crippen LogP contribution in [0.2, 0.25) is 0 Å². The summed E-state index contributed by atoms with van der Waals surface area (Å²) in [6, 6.07) is 1.73. The molecule has 2 saturated heterocycles. The van der Waals surface area contributed by atoms with Gasteiger partial charge in [0.25, 0.3) is 0 Å². The molecule has 2 aliphatic rings. The summed E-state index contributed by atoms with van der Waals surface area (Å²) in [5.41, 5.74) is 0.532. The van der Waals surface area contributed by atoms with Crippen LogP contribution < -0.4 is 9.80 Å². The number of morpholine rings is 1. The van der Waals surface area contributed by atoms with Crippen molar-refractivity contribution in [3.05, 3.63) is 21.7 Å². The third-order valence-corrected chi connectivity index (χ3v) is 4.10. The van der Waals surface area contributed by atoms with Gasteiger partial charge < -0.3 is 14.5 Å². The fourth-order valence-corrected chi connectivity index (χ4v) is 2.94. The standard InChI is InChI=1S/C14H19FN4O3/c1-10-8-12(17-4-6-22-7-5-17)16-14(13(10)19(20)21)18-3-2-11(15)9-18/h8,11H,2-7,9H2,1H3. The van der Waals surface area contributed by atoms with E-state index in [1.165, 1.54) is 0 Å². The normalized spacial score (nSPS) is 22.2. The predicted molar refractivity (Wildman–Crippen MR) is 80.4 cm³/mol. The van der Waals surface area contributed by atoms with Gasteiger partial charge in [0.2, 0.25) is 5.82 Å². The lowest BCUT2D eigenvalue weighted by atomic mass is 10.2. The average Bonchev–Trinajstić information content (AvgIpc) is 2.93. The van der Waals surface area contributed by atoms with Crippen molar-refractivity contribution >= 4 is 17.3 Å². The first-order chi connectivity index (χ1) is 10.6. The lowest BCUT2D eigenvalue weighted by Gasteiger charge is -2.29. The van der Waals surface area contributed by atoms with Crippen molar-refractivity contribution in [1.82, 2.24) is 4.98 Å². The van der Waals surface area contributed by atoms with Gasteiger partial charge in [0.15, 0.2) is 0 Å². The van der Waals surface area contributed by atoms with Crippen molar-refractivity contribution in [2.75, 3.05) is 49.2 Å². The number of pyridine rings is 1. The van der Waals surface area contributed by atoms with Crippen LogP contribution in [-0.4, -0.2) is 55.5 Å². The van der Waals surface area contributed by atoms with Gasteiger partial charge in [-0.1, -0.05) is 0 Å². The van der Waals surface area contributed by atoms with Crippen LogP contribution in [0.3, 0.4) is 0 Å². The van der Waals surface area contributed by atoms with E-state index in [1.54, 1.807) is 17.9 Å². The molecule has 2 fully saturated rings. The molecule has 1 aromatic rings. The van der Waals surface area contributed by atoms with E-state index in [-0.39, 0.29) is 18.1 Å². The van der Waals surface area contributed by atoms with E-state index in [0.29, 0.717) is 50.7 Å². The average molecular weight is 310 g/mol. The van der Waals surface area contributed by atoms with E-state index in [0.717, 1.165) is 0 Å². The van der Waals surface area contributed by atoms with E-state index >= 15 is 0 Å². The molecule has 120 valence electrons. The molecule has 3 rings (SSSR count). The molecule has 8 heteroatoms. The lowest BCUT2D eigenvalue weighted by Crippen LogP contribution is -2.37. The van der Waals surface area contributed by atoms with Crippen LogP contribution in [-0.2, 0) is 4.74 Å². The van der Waals surface area contributed by atoms with E-state index in [2.05, 4.69) is 4.98 Å². The van der Waals surface area contributed by atoms with Gasteiger partial charge in [-0.2, -0.15) is 0 Å². The van der Waals surface area contributed by atoms with Gasteiger partial charge in [0.1, 0.15) is 12.0 Å². The van der Waals surface area contributed by atoms with Gasteiger partial charge in [-0.15, -0.1) is 0 Å². The number of ether oxygens (including phenoxy) is 1. The molecule has 0 saturated carbocycles. The minimum Gasteiger partial charge on any atom is -0.378 e. The SMILES string of the molecule is Cc1cc(N2CCOCC2)nc(N2CCC(F)C2)c1[N+](=O)[O-]. The summed E-state index contributed by atoms with van der Waals surface area (Å²) in [4.78, 5) is 19.2. The first-order valence-electron chi connectivity index (χ1n) is 7.44. The zero-order valence-electron chi connectivity index (χ0n) is 12.5. The van der Waals surface area contributed by atoms with E-state index in [4.69, 9.17) is 4.74 Å². The van der Waals surface area contributed by atoms with E-state index in [1.807, 2.05) is 4.90 Å². The molecular weight excluding hydrogens is 291 g/mol. The first kappa shape index (κ1) is 15.0. The molecule has 0 bridgehead atoms. The van der Waals surface area contributed by atoms with Crippen molar-refractivity contribution < 1.29 is 14.1 Å². The molecule has 2 aliphatic heterocycles. The summed E-state index contributed by atoms with van der Waals surface area (Å²) in [6.07, 6.45) is -0.562. The highest BCUT2D eigenvalue weighted by Gasteiger charge is 2.31. The van der Waals surface area contributed by atoms with Gasteiger partial charge in [0, 0.05) is 25.2 Å². The van der Waals surface area contributed by atoms with Crippen LogP contribution in [0.25, 0.3) is 0 Å². The monoisotopic (exact) mass is 310 g/mol. The Morgan fingerprint density at radius 1 is 1.36 bits per heavy atom. The molecule has 7 nitrogen and oxygen atoms in total. The van der Waals surface area contributed by atoms with Crippen molar-refractivity contribution in [2.24, 2.45) is 0 Å². The van der Waals surface area contributed by atoms with Crippen LogP contribution in [0.1, 0.15) is 12.0 Å². The third kappa shape index (κ3) is 2.83. The van der Waals surface area contributed by atoms with Gasteiger partial charge in [-0.3, -0.25) is 10.1 Å². The van der Waals surface area contributed by atoms with Crippen LogP contribution in [0.5, 0.6) is 0 Å². The Balaban J connectivity index is 2.00. The van der Waals surface area contributed by atoms with E-state index < -0.39 is 11.1 Å². The summed E-state index contributed by atoms with van der Waals surface area (Å²) in [6.45, 7) is 4.97. The number of aryl methyl sites for hydroxylation is 1. The number of nitrogens with zero attached hydrogens (tertiary/aromatic N) is 4. The number of alkyl halides is 1. The van der Waals surface area contributed by atoms with Gasteiger partial charge in [-0.05, 0) is 19.4 Å². The first-order valence-corrected chi connectivity index (χ1v) is 7.44. The van der Waals surface area contributed by atoms with E-state index in [9.17, 15) is 14.5 Å². The number of hydrogen-bond donors (Lipinski definition) is 0. The Hall–Kier alpha value is -1.96. The van der Waals surface area contributed by atoms with Crippen LogP contribution in [0.15, 0.2) is 6.07 Å². The Kier molecular flexibility index (Phi) is 4.10. The summed E-state index contributed by atoms with van der Waals surface area (Å²) < 4.78 is 18.8. The minimum absolute atomic E-state index is 0.0221. The quantitative estimate of drug-likeness (QED) is 0.625. The predicted octanol–water partition coefficient (Wildman–Crippen LogP) is 1.68. The van der Waals surface area contributed by atoms with Gasteiger partial charge in [0.05, 0.1) is 24.7 Å². The molecule has 0 N–H and O–H groups in total. The second-order valence-electron chi connectivity index (χ2n) is 5.66. The summed E-state index contributed by atoms with van der Waals surface area (Å²) in [7, 11) is 0. The number of rotatable bonds is 3. The fraction of sp³-hybridized carbons (Fsp3) is 0.643. The van der Waals surface area contributed by atoms with Crippen molar-refractivity contribution in [1.29, 1.82) is 0 Å². The highest BCUT2D eigenvalue weighted by Crippen LogP contribution is 2.35. The Bertz CT molecular complexity index is 577. The number of nitro groups is 1. The maximum absolute atomic E-state index is 13.5. The van der Waals surface area contributed by atoms with Crippen LogP contribution in [0.4, 0.5) is 21.7 Å². The highest BCUT2D eigenvalue weighted by atomic mass is 19.1. The Labute approximate surface area is 127 Å². The molecule has 0 radical (unpaired) electrons. The molecule has 1 unspecified atom stereocenters. The summed E-state index contributed by atoms with van der Waals surface area (Å²) >= 11 is 0. The molecule has 22 heavy (non-hydrogen) atoms. The number of hydrogen-bond acceptors (Lipinski definition) is 6. The molecular formula is C14H19FN4O3. The largest absolute Gasteiger partial charge is 0.378 e. The highest BCUT2D eigenvalue weighted by molar-refractivity contribution is 5.67. The number of anilines is 2. The Morgan fingerprint density at radius 3 is 2.68 bits per heavy atom. The molecule has 0 amide bonds. The molecule has 0 aromatic carbocycles. The molecule has 1 atom stereocenters. The lowest BCUT2D eigenvalue weighted by molar-refractivity contribution is -0.384. The maximum atomic E-state index is 13.5. The second-order valence-corrected chi connectivity index (χ2v) is 5.66. The van der Waals surface area contributed by atoms with Gasteiger partial charge in [-0.25, -0.2) is 9.37 Å². The van der Waals surface area contributed by atoms with Crippen molar-refractivity contribution in [2.45, 2.75) is 19.5 Å².